The fourth-order valence-electron chi connectivity index (χ4n) is 1.60. The van der Waals surface area contributed by atoms with Crippen LogP contribution in [0.2, 0.25) is 0 Å². The number of sulfone groups is 1. The van der Waals surface area contributed by atoms with Crippen LogP contribution in [0.1, 0.15) is 33.3 Å². The topological polar surface area (TPSA) is 72.2 Å². The molecule has 1 aromatic rings. The highest BCUT2D eigenvalue weighted by atomic mass is 32.2. The summed E-state index contributed by atoms with van der Waals surface area (Å²) in [5.74, 6) is 0. The van der Waals surface area contributed by atoms with Crippen LogP contribution in [0, 0.1) is 5.41 Å². The van der Waals surface area contributed by atoms with Gasteiger partial charge in [0.05, 0.1) is 4.90 Å². The minimum Gasteiger partial charge on any atom is -0.325 e. The fourth-order valence-corrected chi connectivity index (χ4v) is 2.23. The molecule has 5 heteroatoms. The van der Waals surface area contributed by atoms with E-state index in [1.165, 1.54) is 6.26 Å². The van der Waals surface area contributed by atoms with Crippen LogP contribution in [0.15, 0.2) is 29.2 Å². The Morgan fingerprint density at radius 3 is 2.00 bits per heavy atom. The van der Waals surface area contributed by atoms with Crippen molar-refractivity contribution in [2.75, 3.05) is 12.8 Å². The first-order valence-electron chi connectivity index (χ1n) is 6.72. The number of nitrogens with two attached hydrogens (primary N) is 1. The normalized spacial score (nSPS) is 13.5. The summed E-state index contributed by atoms with van der Waals surface area (Å²) in [7, 11) is -3.12. The molecule has 0 aliphatic rings. The smallest absolute Gasteiger partial charge is 0.175 e. The molecule has 114 valence electrons. The van der Waals surface area contributed by atoms with Crippen LogP contribution in [-0.2, 0) is 16.4 Å². The van der Waals surface area contributed by atoms with Gasteiger partial charge in [0.15, 0.2) is 9.84 Å². The first kappa shape index (κ1) is 17.1. The lowest BCUT2D eigenvalue weighted by Gasteiger charge is -2.38. The van der Waals surface area contributed by atoms with Gasteiger partial charge < -0.3 is 11.1 Å². The van der Waals surface area contributed by atoms with Crippen molar-refractivity contribution in [3.63, 3.8) is 0 Å². The molecule has 1 rings (SSSR count). The SMILES string of the molecule is CC(C)(N)C(C)(C)CNCc1ccc(S(C)(=O)=O)cc1. The summed E-state index contributed by atoms with van der Waals surface area (Å²) in [5.41, 5.74) is 6.92. The fraction of sp³-hybridized carbons (Fsp3) is 0.600. The van der Waals surface area contributed by atoms with E-state index in [0.29, 0.717) is 11.4 Å². The van der Waals surface area contributed by atoms with Gasteiger partial charge in [-0.2, -0.15) is 0 Å². The zero-order chi connectivity index (χ0) is 15.6. The van der Waals surface area contributed by atoms with E-state index in [2.05, 4.69) is 19.2 Å². The Kier molecular flexibility index (Phi) is 5.00. The molecule has 0 fully saturated rings. The lowest BCUT2D eigenvalue weighted by Crippen LogP contribution is -2.52. The third kappa shape index (κ3) is 4.58. The van der Waals surface area contributed by atoms with Gasteiger partial charge >= 0.3 is 0 Å². The Morgan fingerprint density at radius 2 is 1.60 bits per heavy atom. The number of hydrogen-bond acceptors (Lipinski definition) is 4. The molecular formula is C15H26N2O2S. The average molecular weight is 298 g/mol. The van der Waals surface area contributed by atoms with Crippen molar-refractivity contribution in [3.05, 3.63) is 29.8 Å². The van der Waals surface area contributed by atoms with Crippen LogP contribution in [0.25, 0.3) is 0 Å². The van der Waals surface area contributed by atoms with E-state index in [0.717, 1.165) is 12.1 Å². The Bertz CT molecular complexity index is 540. The monoisotopic (exact) mass is 298 g/mol. The molecule has 0 aliphatic carbocycles. The lowest BCUT2D eigenvalue weighted by atomic mass is 9.75. The Morgan fingerprint density at radius 1 is 1.10 bits per heavy atom. The van der Waals surface area contributed by atoms with E-state index in [-0.39, 0.29) is 11.0 Å². The van der Waals surface area contributed by atoms with Crippen molar-refractivity contribution < 1.29 is 8.42 Å². The number of hydrogen-bond donors (Lipinski definition) is 2. The highest BCUT2D eigenvalue weighted by Gasteiger charge is 2.32. The second-order valence-corrected chi connectivity index (χ2v) is 8.64. The third-order valence-corrected chi connectivity index (χ3v) is 5.12. The Labute approximate surface area is 122 Å². The van der Waals surface area contributed by atoms with E-state index in [1.807, 2.05) is 26.0 Å². The lowest BCUT2D eigenvalue weighted by molar-refractivity contribution is 0.195. The first-order valence-corrected chi connectivity index (χ1v) is 8.61. The summed E-state index contributed by atoms with van der Waals surface area (Å²) >= 11 is 0. The quantitative estimate of drug-likeness (QED) is 0.842. The maximum absolute atomic E-state index is 11.4. The van der Waals surface area contributed by atoms with Gasteiger partial charge in [0, 0.05) is 24.9 Å². The molecule has 0 saturated heterocycles. The van der Waals surface area contributed by atoms with Gasteiger partial charge in [-0.1, -0.05) is 26.0 Å². The highest BCUT2D eigenvalue weighted by molar-refractivity contribution is 7.90. The van der Waals surface area contributed by atoms with Gasteiger partial charge in [-0.25, -0.2) is 8.42 Å². The zero-order valence-corrected chi connectivity index (χ0v) is 13.8. The standard InChI is InChI=1S/C15H26N2O2S/c1-14(2,15(3,4)16)11-17-10-12-6-8-13(9-7-12)20(5,18)19/h6-9,17H,10-11,16H2,1-5H3. The summed E-state index contributed by atoms with van der Waals surface area (Å²) in [6.45, 7) is 9.80. The number of nitrogens with one attached hydrogen (secondary N) is 1. The molecule has 0 bridgehead atoms. The predicted octanol–water partition coefficient (Wildman–Crippen LogP) is 1.94. The van der Waals surface area contributed by atoms with E-state index in [1.54, 1.807) is 12.1 Å². The summed E-state index contributed by atoms with van der Waals surface area (Å²) in [5, 5.41) is 3.38. The van der Waals surface area contributed by atoms with Crippen molar-refractivity contribution in [2.24, 2.45) is 11.1 Å². The summed E-state index contributed by atoms with van der Waals surface area (Å²) in [6.07, 6.45) is 1.21. The van der Waals surface area contributed by atoms with Crippen LogP contribution in [0.4, 0.5) is 0 Å². The van der Waals surface area contributed by atoms with Gasteiger partial charge in [0.1, 0.15) is 0 Å². The van der Waals surface area contributed by atoms with Crippen LogP contribution in [0.5, 0.6) is 0 Å². The predicted molar refractivity (Wildman–Crippen MR) is 83.3 cm³/mol. The third-order valence-electron chi connectivity index (χ3n) is 3.99. The molecule has 4 nitrogen and oxygen atoms in total. The Hall–Kier alpha value is -0.910. The maximum atomic E-state index is 11.4. The molecule has 0 radical (unpaired) electrons. The van der Waals surface area contributed by atoms with Gasteiger partial charge in [0.2, 0.25) is 0 Å². The van der Waals surface area contributed by atoms with Crippen molar-refractivity contribution in [3.8, 4) is 0 Å². The molecule has 0 heterocycles. The second-order valence-electron chi connectivity index (χ2n) is 6.63. The zero-order valence-electron chi connectivity index (χ0n) is 13.0. The van der Waals surface area contributed by atoms with Crippen LogP contribution < -0.4 is 11.1 Å². The Balaban J connectivity index is 2.60. The minimum absolute atomic E-state index is 0.0281. The molecule has 0 spiro atoms. The van der Waals surface area contributed by atoms with Gasteiger partial charge in [-0.05, 0) is 37.0 Å². The van der Waals surface area contributed by atoms with Crippen LogP contribution >= 0.6 is 0 Å². The molecule has 0 aromatic heterocycles. The summed E-state index contributed by atoms with van der Waals surface area (Å²) in [6, 6.07) is 6.96. The highest BCUT2D eigenvalue weighted by Crippen LogP contribution is 2.27. The molecule has 0 aliphatic heterocycles. The summed E-state index contributed by atoms with van der Waals surface area (Å²) < 4.78 is 22.7. The first-order chi connectivity index (χ1) is 8.93. The average Bonchev–Trinajstić information content (AvgIpc) is 2.26. The maximum Gasteiger partial charge on any atom is 0.175 e. The van der Waals surface area contributed by atoms with Crippen molar-refractivity contribution in [2.45, 2.75) is 44.7 Å². The van der Waals surface area contributed by atoms with Gasteiger partial charge in [0.25, 0.3) is 0 Å². The molecule has 3 N–H and O–H groups in total. The van der Waals surface area contributed by atoms with Crippen LogP contribution in [-0.4, -0.2) is 26.8 Å². The molecule has 1 aromatic carbocycles. The van der Waals surface area contributed by atoms with E-state index < -0.39 is 9.84 Å². The molecular weight excluding hydrogens is 272 g/mol. The molecule has 0 atom stereocenters. The van der Waals surface area contributed by atoms with Crippen molar-refractivity contribution in [1.29, 1.82) is 0 Å². The van der Waals surface area contributed by atoms with Crippen molar-refractivity contribution in [1.82, 2.24) is 5.32 Å². The molecule has 0 amide bonds. The van der Waals surface area contributed by atoms with E-state index >= 15 is 0 Å². The summed E-state index contributed by atoms with van der Waals surface area (Å²) in [4.78, 5) is 0.352. The number of benzene rings is 1. The number of rotatable bonds is 6. The molecule has 0 unspecified atom stereocenters. The van der Waals surface area contributed by atoms with Gasteiger partial charge in [-0.3, -0.25) is 0 Å². The van der Waals surface area contributed by atoms with Gasteiger partial charge in [-0.15, -0.1) is 0 Å². The van der Waals surface area contributed by atoms with Crippen molar-refractivity contribution >= 4 is 9.84 Å². The van der Waals surface area contributed by atoms with E-state index in [9.17, 15) is 8.42 Å². The minimum atomic E-state index is -3.12. The van der Waals surface area contributed by atoms with E-state index in [4.69, 9.17) is 5.73 Å². The molecule has 0 saturated carbocycles. The largest absolute Gasteiger partial charge is 0.325 e. The second kappa shape index (κ2) is 5.84. The molecule has 20 heavy (non-hydrogen) atoms. The van der Waals surface area contributed by atoms with Crippen LogP contribution in [0.3, 0.4) is 0 Å².